The predicted octanol–water partition coefficient (Wildman–Crippen LogP) is 3.73. The van der Waals surface area contributed by atoms with E-state index in [0.29, 0.717) is 24.2 Å². The Morgan fingerprint density at radius 1 is 1.03 bits per heavy atom. The summed E-state index contributed by atoms with van der Waals surface area (Å²) in [6, 6.07) is 9.67. The van der Waals surface area contributed by atoms with Gasteiger partial charge in [-0.25, -0.2) is 17.6 Å². The summed E-state index contributed by atoms with van der Waals surface area (Å²) in [4.78, 5) is 25.3. The van der Waals surface area contributed by atoms with Gasteiger partial charge in [0.1, 0.15) is 5.82 Å². The van der Waals surface area contributed by atoms with Gasteiger partial charge < -0.3 is 10.1 Å². The first kappa shape index (κ1) is 24.9. The van der Waals surface area contributed by atoms with Crippen molar-refractivity contribution in [3.05, 3.63) is 65.0 Å². The average Bonchev–Trinajstić information content (AvgIpc) is 2.80. The van der Waals surface area contributed by atoms with Crippen LogP contribution in [0, 0.1) is 12.7 Å². The maximum atomic E-state index is 13.1. The molecule has 1 aliphatic rings. The van der Waals surface area contributed by atoms with E-state index < -0.39 is 34.0 Å². The van der Waals surface area contributed by atoms with Crippen LogP contribution in [0.25, 0.3) is 0 Å². The Balaban J connectivity index is 1.69. The number of aryl methyl sites for hydroxylation is 1. The predicted molar refractivity (Wildman–Crippen MR) is 122 cm³/mol. The molecule has 33 heavy (non-hydrogen) atoms. The standard InChI is InChI=1S/C24H29FN2O5S/c1-16-7-12-21(33(30,31)27-13-5-4-6-14-27)15-22(16)24(29)32-18(3)23(28)26-17(2)19-8-10-20(25)11-9-19/h7-12,15,17-18H,4-6,13-14H2,1-3H3,(H,26,28)/t17-,18+/m0/s1. The first-order chi connectivity index (χ1) is 15.6. The lowest BCUT2D eigenvalue weighted by Crippen LogP contribution is -2.37. The maximum Gasteiger partial charge on any atom is 0.339 e. The minimum Gasteiger partial charge on any atom is -0.449 e. The molecule has 9 heteroatoms. The Morgan fingerprint density at radius 3 is 2.30 bits per heavy atom. The molecule has 1 fully saturated rings. The van der Waals surface area contributed by atoms with Gasteiger partial charge in [-0.2, -0.15) is 4.31 Å². The zero-order valence-electron chi connectivity index (χ0n) is 19.0. The largest absolute Gasteiger partial charge is 0.449 e. The van der Waals surface area contributed by atoms with Crippen LogP contribution in [0.3, 0.4) is 0 Å². The number of benzene rings is 2. The topological polar surface area (TPSA) is 92.8 Å². The van der Waals surface area contributed by atoms with Gasteiger partial charge in [0.15, 0.2) is 6.10 Å². The molecule has 2 aromatic rings. The lowest BCUT2D eigenvalue weighted by Gasteiger charge is -2.26. The molecule has 0 aromatic heterocycles. The van der Waals surface area contributed by atoms with E-state index in [1.807, 2.05) is 0 Å². The first-order valence-electron chi connectivity index (χ1n) is 11.0. The van der Waals surface area contributed by atoms with Crippen LogP contribution in [0.2, 0.25) is 0 Å². The number of piperidine rings is 1. The summed E-state index contributed by atoms with van der Waals surface area (Å²) in [6.45, 7) is 5.77. The van der Waals surface area contributed by atoms with Crippen molar-refractivity contribution >= 4 is 21.9 Å². The molecule has 178 valence electrons. The van der Waals surface area contributed by atoms with E-state index in [0.717, 1.165) is 19.3 Å². The van der Waals surface area contributed by atoms with Crippen LogP contribution in [0.15, 0.2) is 47.4 Å². The number of amides is 1. The lowest BCUT2D eigenvalue weighted by atomic mass is 10.1. The molecule has 1 saturated heterocycles. The quantitative estimate of drug-likeness (QED) is 0.615. The molecule has 0 saturated carbocycles. The van der Waals surface area contributed by atoms with Gasteiger partial charge in [-0.05, 0) is 69.0 Å². The van der Waals surface area contributed by atoms with Crippen LogP contribution < -0.4 is 5.32 Å². The van der Waals surface area contributed by atoms with Gasteiger partial charge in [0.05, 0.1) is 16.5 Å². The number of ether oxygens (including phenoxy) is 1. The summed E-state index contributed by atoms with van der Waals surface area (Å²) in [6.07, 6.45) is 1.51. The summed E-state index contributed by atoms with van der Waals surface area (Å²) in [7, 11) is -3.71. The van der Waals surface area contributed by atoms with Crippen LogP contribution in [-0.2, 0) is 19.6 Å². The molecule has 2 atom stereocenters. The Kier molecular flexibility index (Phi) is 7.86. The second kappa shape index (κ2) is 10.4. The number of sulfonamides is 1. The summed E-state index contributed by atoms with van der Waals surface area (Å²) in [5.41, 5.74) is 1.35. The van der Waals surface area contributed by atoms with Gasteiger partial charge in [-0.1, -0.05) is 24.6 Å². The van der Waals surface area contributed by atoms with Gasteiger partial charge in [-0.15, -0.1) is 0 Å². The SMILES string of the molecule is Cc1ccc(S(=O)(=O)N2CCCCC2)cc1C(=O)O[C@H](C)C(=O)N[C@@H](C)c1ccc(F)cc1. The third-order valence-electron chi connectivity index (χ3n) is 5.76. The maximum absolute atomic E-state index is 13.1. The monoisotopic (exact) mass is 476 g/mol. The highest BCUT2D eigenvalue weighted by atomic mass is 32.2. The summed E-state index contributed by atoms with van der Waals surface area (Å²) in [5.74, 6) is -1.67. The number of carbonyl (C=O) groups is 2. The fourth-order valence-corrected chi connectivity index (χ4v) is 5.22. The van der Waals surface area contributed by atoms with Crippen LogP contribution in [0.1, 0.15) is 60.6 Å². The number of hydrogen-bond acceptors (Lipinski definition) is 5. The molecule has 1 aliphatic heterocycles. The van der Waals surface area contributed by atoms with E-state index in [-0.39, 0.29) is 16.3 Å². The van der Waals surface area contributed by atoms with E-state index in [9.17, 15) is 22.4 Å². The van der Waals surface area contributed by atoms with Gasteiger partial charge in [0.25, 0.3) is 5.91 Å². The average molecular weight is 477 g/mol. The number of hydrogen-bond donors (Lipinski definition) is 1. The van der Waals surface area contributed by atoms with Crippen molar-refractivity contribution in [3.63, 3.8) is 0 Å². The van der Waals surface area contributed by atoms with Crippen LogP contribution in [-0.4, -0.2) is 43.8 Å². The van der Waals surface area contributed by atoms with Crippen molar-refractivity contribution < 1.29 is 27.1 Å². The van der Waals surface area contributed by atoms with E-state index in [2.05, 4.69) is 5.32 Å². The molecule has 0 radical (unpaired) electrons. The molecule has 3 rings (SSSR count). The number of rotatable bonds is 7. The number of nitrogens with one attached hydrogen (secondary N) is 1. The minimum atomic E-state index is -3.71. The van der Waals surface area contributed by atoms with Crippen molar-refractivity contribution in [2.75, 3.05) is 13.1 Å². The number of carbonyl (C=O) groups excluding carboxylic acids is 2. The zero-order valence-corrected chi connectivity index (χ0v) is 19.8. The van der Waals surface area contributed by atoms with E-state index in [1.54, 1.807) is 32.0 Å². The molecular weight excluding hydrogens is 447 g/mol. The van der Waals surface area contributed by atoms with Crippen molar-refractivity contribution in [1.82, 2.24) is 9.62 Å². The molecule has 2 aromatic carbocycles. The van der Waals surface area contributed by atoms with Crippen molar-refractivity contribution in [2.24, 2.45) is 0 Å². The van der Waals surface area contributed by atoms with Gasteiger partial charge >= 0.3 is 5.97 Å². The molecule has 1 amide bonds. The van der Waals surface area contributed by atoms with E-state index in [1.165, 1.54) is 35.5 Å². The third kappa shape index (κ3) is 5.97. The number of nitrogens with zero attached hydrogens (tertiary/aromatic N) is 1. The highest BCUT2D eigenvalue weighted by Crippen LogP contribution is 2.23. The Morgan fingerprint density at radius 2 is 1.67 bits per heavy atom. The summed E-state index contributed by atoms with van der Waals surface area (Å²) < 4.78 is 45.8. The molecule has 7 nitrogen and oxygen atoms in total. The molecule has 0 unspecified atom stereocenters. The zero-order chi connectivity index (χ0) is 24.2. The van der Waals surface area contributed by atoms with Crippen molar-refractivity contribution in [3.8, 4) is 0 Å². The first-order valence-corrected chi connectivity index (χ1v) is 12.4. The fraction of sp³-hybridized carbons (Fsp3) is 0.417. The second-order valence-electron chi connectivity index (χ2n) is 8.27. The Hall–Kier alpha value is -2.78. The van der Waals surface area contributed by atoms with Crippen molar-refractivity contribution in [1.29, 1.82) is 0 Å². The lowest BCUT2D eigenvalue weighted by molar-refractivity contribution is -0.129. The third-order valence-corrected chi connectivity index (χ3v) is 7.66. The highest BCUT2D eigenvalue weighted by molar-refractivity contribution is 7.89. The molecule has 1 N–H and O–H groups in total. The van der Waals surface area contributed by atoms with Gasteiger partial charge in [-0.3, -0.25) is 4.79 Å². The van der Waals surface area contributed by atoms with Gasteiger partial charge in [0.2, 0.25) is 10.0 Å². The minimum absolute atomic E-state index is 0.0315. The Bertz CT molecular complexity index is 1110. The van der Waals surface area contributed by atoms with Crippen LogP contribution in [0.4, 0.5) is 4.39 Å². The smallest absolute Gasteiger partial charge is 0.339 e. The summed E-state index contributed by atoms with van der Waals surface area (Å²) in [5, 5.41) is 2.72. The molecule has 1 heterocycles. The van der Waals surface area contributed by atoms with E-state index in [4.69, 9.17) is 4.74 Å². The van der Waals surface area contributed by atoms with Crippen molar-refractivity contribution in [2.45, 2.75) is 57.1 Å². The molecule has 0 aliphatic carbocycles. The number of esters is 1. The number of halogens is 1. The highest BCUT2D eigenvalue weighted by Gasteiger charge is 2.28. The Labute approximate surface area is 194 Å². The molecule has 0 bridgehead atoms. The van der Waals surface area contributed by atoms with Crippen LogP contribution >= 0.6 is 0 Å². The molecule has 0 spiro atoms. The van der Waals surface area contributed by atoms with E-state index >= 15 is 0 Å². The van der Waals surface area contributed by atoms with Gasteiger partial charge in [0, 0.05) is 13.1 Å². The molecular formula is C24H29FN2O5S. The van der Waals surface area contributed by atoms with Crippen LogP contribution in [0.5, 0.6) is 0 Å². The second-order valence-corrected chi connectivity index (χ2v) is 10.2. The summed E-state index contributed by atoms with van der Waals surface area (Å²) >= 11 is 0. The fourth-order valence-electron chi connectivity index (χ4n) is 3.68. The normalized spacial score (nSPS) is 16.6.